The second kappa shape index (κ2) is 15.4. The lowest BCUT2D eigenvalue weighted by molar-refractivity contribution is -0.119. The van der Waals surface area contributed by atoms with Gasteiger partial charge in [0.2, 0.25) is 23.0 Å². The van der Waals surface area contributed by atoms with Crippen molar-refractivity contribution in [2.75, 3.05) is 38.5 Å². The van der Waals surface area contributed by atoms with Crippen molar-refractivity contribution in [3.63, 3.8) is 0 Å². The molecule has 0 saturated heterocycles. The Balaban J connectivity index is 1.25. The van der Waals surface area contributed by atoms with Gasteiger partial charge in [-0.3, -0.25) is 14.4 Å². The number of ether oxygens (including phenoxy) is 3. The van der Waals surface area contributed by atoms with Crippen molar-refractivity contribution in [1.82, 2.24) is 14.9 Å². The van der Waals surface area contributed by atoms with Crippen LogP contribution in [0.1, 0.15) is 81.8 Å². The zero-order valence-corrected chi connectivity index (χ0v) is 29.5. The van der Waals surface area contributed by atoms with E-state index in [9.17, 15) is 14.4 Å². The molecule has 0 saturated carbocycles. The van der Waals surface area contributed by atoms with Gasteiger partial charge in [-0.1, -0.05) is 26.3 Å². The molecule has 0 fully saturated rings. The number of aryl methyl sites for hydroxylation is 2. The quantitative estimate of drug-likeness (QED) is 0.138. The maximum absolute atomic E-state index is 13.5. The molecular formula is C38H47N5O6. The van der Waals surface area contributed by atoms with Crippen molar-refractivity contribution in [2.24, 2.45) is 7.05 Å². The first-order chi connectivity index (χ1) is 23.6. The number of hydrogen-bond acceptors (Lipinski definition) is 8. The third-order valence-electron chi connectivity index (χ3n) is 9.03. The Labute approximate surface area is 287 Å². The molecule has 0 spiro atoms. The lowest BCUT2D eigenvalue weighted by Crippen LogP contribution is -2.26. The Morgan fingerprint density at radius 2 is 1.76 bits per heavy atom. The molecule has 0 aliphatic heterocycles. The fraction of sp³-hybridized carbons (Fsp3) is 0.421. The fourth-order valence-corrected chi connectivity index (χ4v) is 6.70. The highest BCUT2D eigenvalue weighted by Gasteiger charge is 2.29. The maximum Gasteiger partial charge on any atom is 0.224 e. The Morgan fingerprint density at radius 3 is 2.45 bits per heavy atom. The summed E-state index contributed by atoms with van der Waals surface area (Å²) in [5.74, 6) is 2.63. The number of carbonyl (C=O) groups excluding carboxylic acids is 2. The number of rotatable bonds is 13. The highest BCUT2D eigenvalue weighted by atomic mass is 16.5. The molecule has 1 aliphatic rings. The zero-order chi connectivity index (χ0) is 35.2. The third-order valence-corrected chi connectivity index (χ3v) is 9.03. The van der Waals surface area contributed by atoms with Crippen LogP contribution in [0.5, 0.6) is 17.2 Å². The van der Waals surface area contributed by atoms with Crippen LogP contribution in [0.25, 0.3) is 22.2 Å². The summed E-state index contributed by atoms with van der Waals surface area (Å²) in [6.07, 6.45) is 3.94. The van der Waals surface area contributed by atoms with E-state index in [-0.39, 0.29) is 23.3 Å². The molecule has 11 nitrogen and oxygen atoms in total. The highest BCUT2D eigenvalue weighted by Crippen LogP contribution is 2.50. The number of nitrogens with one attached hydrogen (secondary N) is 3. The number of unbranched alkanes of at least 4 members (excludes halogenated alkanes) is 2. The van der Waals surface area contributed by atoms with Gasteiger partial charge < -0.3 is 34.7 Å². The molecule has 2 amide bonds. The number of amides is 2. The number of methoxy groups -OCH3 is 3. The molecule has 4 aromatic rings. The Kier molecular flexibility index (Phi) is 11.1. The first-order valence-electron chi connectivity index (χ1n) is 16.8. The molecule has 1 aromatic heterocycles. The Bertz CT molecular complexity index is 1920. The van der Waals surface area contributed by atoms with Gasteiger partial charge in [-0.15, -0.1) is 0 Å². The number of imidazole rings is 1. The second-order valence-corrected chi connectivity index (χ2v) is 12.8. The molecule has 49 heavy (non-hydrogen) atoms. The maximum atomic E-state index is 13.5. The second-order valence-electron chi connectivity index (χ2n) is 12.8. The van der Waals surface area contributed by atoms with E-state index in [1.807, 2.05) is 37.4 Å². The lowest BCUT2D eigenvalue weighted by Gasteiger charge is -2.19. The van der Waals surface area contributed by atoms with Crippen molar-refractivity contribution in [1.29, 1.82) is 0 Å². The number of carbonyl (C=O) groups is 2. The van der Waals surface area contributed by atoms with Crippen LogP contribution in [0.15, 0.2) is 47.3 Å². The van der Waals surface area contributed by atoms with Crippen LogP contribution in [0.3, 0.4) is 0 Å². The predicted octanol–water partition coefficient (Wildman–Crippen LogP) is 6.48. The van der Waals surface area contributed by atoms with Crippen LogP contribution in [-0.4, -0.2) is 49.2 Å². The van der Waals surface area contributed by atoms with Crippen LogP contribution in [0, 0.1) is 0 Å². The van der Waals surface area contributed by atoms with E-state index in [1.165, 1.54) is 6.92 Å². The number of hydrogen-bond donors (Lipinski definition) is 3. The van der Waals surface area contributed by atoms with E-state index in [2.05, 4.69) is 34.4 Å². The van der Waals surface area contributed by atoms with Gasteiger partial charge in [0, 0.05) is 44.1 Å². The van der Waals surface area contributed by atoms with Gasteiger partial charge in [-0.25, -0.2) is 4.98 Å². The molecule has 11 heteroatoms. The summed E-state index contributed by atoms with van der Waals surface area (Å²) in [5.41, 5.74) is 6.20. The largest absolute Gasteiger partial charge is 0.493 e. The average molecular weight is 670 g/mol. The van der Waals surface area contributed by atoms with Gasteiger partial charge in [0.15, 0.2) is 11.5 Å². The number of nitrogens with zero attached hydrogens (tertiary/aromatic N) is 2. The van der Waals surface area contributed by atoms with Crippen molar-refractivity contribution in [3.05, 3.63) is 69.6 Å². The van der Waals surface area contributed by atoms with Gasteiger partial charge >= 0.3 is 0 Å². The van der Waals surface area contributed by atoms with Crippen LogP contribution in [0.2, 0.25) is 0 Å². The van der Waals surface area contributed by atoms with E-state index < -0.39 is 0 Å². The van der Waals surface area contributed by atoms with Gasteiger partial charge in [-0.2, -0.15) is 0 Å². The number of fused-ring (bicyclic) bond motifs is 4. The topological polar surface area (TPSA) is 133 Å². The monoisotopic (exact) mass is 669 g/mol. The minimum absolute atomic E-state index is 0.0376. The third kappa shape index (κ3) is 7.66. The SMILES string of the molecule is COc1cc2c(c(OC)c1OC)-c1ccc(NCCCCCC(=O)Nc3ccc4c(c3)nc(C(C)C)n4C)c(=O)cc1[C@H](NC(C)=O)CC2. The molecule has 0 bridgehead atoms. The summed E-state index contributed by atoms with van der Waals surface area (Å²) in [5, 5.41) is 9.33. The number of benzene rings is 2. The van der Waals surface area contributed by atoms with Crippen LogP contribution >= 0.6 is 0 Å². The van der Waals surface area contributed by atoms with Crippen molar-refractivity contribution in [3.8, 4) is 28.4 Å². The van der Waals surface area contributed by atoms with Crippen LogP contribution < -0.4 is 35.6 Å². The molecule has 0 radical (unpaired) electrons. The normalized spacial score (nSPS) is 13.7. The van der Waals surface area contributed by atoms with Crippen LogP contribution in [-0.2, 0) is 23.1 Å². The average Bonchev–Trinajstić information content (AvgIpc) is 3.22. The van der Waals surface area contributed by atoms with Crippen molar-refractivity contribution in [2.45, 2.75) is 71.3 Å². The molecule has 260 valence electrons. The van der Waals surface area contributed by atoms with E-state index in [0.717, 1.165) is 58.5 Å². The molecule has 5 rings (SSSR count). The molecule has 3 aromatic carbocycles. The van der Waals surface area contributed by atoms with Crippen molar-refractivity contribution < 1.29 is 23.8 Å². The van der Waals surface area contributed by atoms with Gasteiger partial charge in [0.05, 0.1) is 44.1 Å². The first-order valence-corrected chi connectivity index (χ1v) is 16.8. The molecule has 0 unspecified atom stereocenters. The smallest absolute Gasteiger partial charge is 0.224 e. The van der Waals surface area contributed by atoms with Crippen LogP contribution in [0.4, 0.5) is 11.4 Å². The molecular weight excluding hydrogens is 622 g/mol. The molecule has 1 atom stereocenters. The summed E-state index contributed by atoms with van der Waals surface area (Å²) in [4.78, 5) is 43.1. The van der Waals surface area contributed by atoms with E-state index in [1.54, 1.807) is 33.5 Å². The Hall–Kier alpha value is -5.06. The fourth-order valence-electron chi connectivity index (χ4n) is 6.70. The zero-order valence-electron chi connectivity index (χ0n) is 29.5. The summed E-state index contributed by atoms with van der Waals surface area (Å²) in [6, 6.07) is 12.7. The predicted molar refractivity (Wildman–Crippen MR) is 193 cm³/mol. The number of anilines is 2. The number of aromatic nitrogens is 2. The standard InChI is InChI=1S/C38H47N5O6/c1-22(2)38-42-30-20-25(13-17-31(30)43(38)4)41-34(46)11-9-8-10-18-39-29-16-14-26-27(21-32(29)45)28(40-23(3)44)15-12-24-19-33(47-5)36(48-6)37(49-7)35(24)26/h13-14,16-17,19-22,28H,8-12,15,18H2,1-7H3,(H,39,45)(H,40,44)(H,41,46)/t28-/m1/s1. The van der Waals surface area contributed by atoms with Gasteiger partial charge in [0.25, 0.3) is 0 Å². The van der Waals surface area contributed by atoms with Crippen molar-refractivity contribution >= 4 is 34.2 Å². The molecule has 1 heterocycles. The minimum Gasteiger partial charge on any atom is -0.493 e. The minimum atomic E-state index is -0.371. The van der Waals surface area contributed by atoms with E-state index in [4.69, 9.17) is 19.2 Å². The summed E-state index contributed by atoms with van der Waals surface area (Å²) < 4.78 is 19.2. The summed E-state index contributed by atoms with van der Waals surface area (Å²) in [7, 11) is 6.73. The first kappa shape index (κ1) is 35.3. The Morgan fingerprint density at radius 1 is 0.980 bits per heavy atom. The van der Waals surface area contributed by atoms with E-state index >= 15 is 0 Å². The lowest BCUT2D eigenvalue weighted by atomic mass is 9.95. The van der Waals surface area contributed by atoms with Gasteiger partial charge in [-0.05, 0) is 78.8 Å². The van der Waals surface area contributed by atoms with Gasteiger partial charge in [0.1, 0.15) is 5.82 Å². The summed E-state index contributed by atoms with van der Waals surface area (Å²) in [6.45, 7) is 6.28. The molecule has 3 N–H and O–H groups in total. The molecule has 1 aliphatic carbocycles. The highest BCUT2D eigenvalue weighted by molar-refractivity contribution is 5.93. The summed E-state index contributed by atoms with van der Waals surface area (Å²) >= 11 is 0. The van der Waals surface area contributed by atoms with E-state index in [0.29, 0.717) is 60.2 Å².